The normalized spacial score (nSPS) is 10.7. The summed E-state index contributed by atoms with van der Waals surface area (Å²) in [6.45, 7) is 1.88. The van der Waals surface area contributed by atoms with Crippen molar-refractivity contribution < 1.29 is 19.1 Å². The van der Waals surface area contributed by atoms with Crippen molar-refractivity contribution in [3.63, 3.8) is 0 Å². The van der Waals surface area contributed by atoms with Gasteiger partial charge in [0, 0.05) is 5.02 Å². The Hall–Kier alpha value is -3.35. The molecule has 6 nitrogen and oxygen atoms in total. The molecule has 1 amide bonds. The SMILES string of the molecule is COc1cc(/C=N/NC(=O)c2ccc(C)cc2Cl)ccc1OC(=O)c1ccc(Cl)cc1. The van der Waals surface area contributed by atoms with Gasteiger partial charge in [-0.3, -0.25) is 4.79 Å². The van der Waals surface area contributed by atoms with E-state index in [9.17, 15) is 9.59 Å². The Kier molecular flexibility index (Phi) is 7.28. The third-order valence-corrected chi connectivity index (χ3v) is 4.78. The van der Waals surface area contributed by atoms with Gasteiger partial charge in [-0.15, -0.1) is 0 Å². The van der Waals surface area contributed by atoms with E-state index in [1.807, 2.05) is 6.92 Å². The summed E-state index contributed by atoms with van der Waals surface area (Å²) in [6.07, 6.45) is 1.44. The highest BCUT2D eigenvalue weighted by molar-refractivity contribution is 6.33. The van der Waals surface area contributed by atoms with Crippen molar-refractivity contribution in [1.29, 1.82) is 0 Å². The molecule has 8 heteroatoms. The maximum absolute atomic E-state index is 12.3. The fourth-order valence-electron chi connectivity index (χ4n) is 2.62. The molecule has 0 aromatic heterocycles. The number of methoxy groups -OCH3 is 1. The van der Waals surface area contributed by atoms with Gasteiger partial charge >= 0.3 is 5.97 Å². The zero-order valence-electron chi connectivity index (χ0n) is 16.7. The first-order valence-electron chi connectivity index (χ1n) is 9.12. The Balaban J connectivity index is 1.68. The number of aryl methyl sites for hydroxylation is 1. The molecule has 0 aliphatic rings. The van der Waals surface area contributed by atoms with Crippen molar-refractivity contribution in [2.45, 2.75) is 6.92 Å². The van der Waals surface area contributed by atoms with Gasteiger partial charge in [-0.05, 0) is 72.6 Å². The van der Waals surface area contributed by atoms with Crippen LogP contribution in [0.15, 0.2) is 65.8 Å². The van der Waals surface area contributed by atoms with Gasteiger partial charge in [0.1, 0.15) is 0 Å². The second kappa shape index (κ2) is 10.1. The number of nitrogens with zero attached hydrogens (tertiary/aromatic N) is 1. The number of ether oxygens (including phenoxy) is 2. The molecule has 158 valence electrons. The number of esters is 1. The second-order valence-electron chi connectivity index (χ2n) is 6.49. The van der Waals surface area contributed by atoms with E-state index in [-0.39, 0.29) is 5.75 Å². The summed E-state index contributed by atoms with van der Waals surface area (Å²) in [6, 6.07) is 16.3. The summed E-state index contributed by atoms with van der Waals surface area (Å²) < 4.78 is 10.7. The molecule has 1 N–H and O–H groups in total. The lowest BCUT2D eigenvalue weighted by molar-refractivity contribution is 0.0729. The summed E-state index contributed by atoms with van der Waals surface area (Å²) in [4.78, 5) is 24.5. The third-order valence-electron chi connectivity index (χ3n) is 4.22. The van der Waals surface area contributed by atoms with E-state index >= 15 is 0 Å². The topological polar surface area (TPSA) is 77.0 Å². The molecule has 0 saturated heterocycles. The van der Waals surface area contributed by atoms with Gasteiger partial charge in [0.15, 0.2) is 11.5 Å². The minimum Gasteiger partial charge on any atom is -0.493 e. The molecule has 3 aromatic rings. The first-order chi connectivity index (χ1) is 14.9. The van der Waals surface area contributed by atoms with Crippen LogP contribution < -0.4 is 14.9 Å². The number of hydrazone groups is 1. The molecule has 0 atom stereocenters. The number of nitrogens with one attached hydrogen (secondary N) is 1. The smallest absolute Gasteiger partial charge is 0.343 e. The average Bonchev–Trinajstić information content (AvgIpc) is 2.75. The molecule has 3 aromatic carbocycles. The highest BCUT2D eigenvalue weighted by atomic mass is 35.5. The minimum atomic E-state index is -0.543. The molecule has 0 aliphatic carbocycles. The van der Waals surface area contributed by atoms with E-state index < -0.39 is 11.9 Å². The van der Waals surface area contributed by atoms with E-state index in [1.54, 1.807) is 60.7 Å². The highest BCUT2D eigenvalue weighted by Crippen LogP contribution is 2.28. The van der Waals surface area contributed by atoms with E-state index in [1.165, 1.54) is 13.3 Å². The lowest BCUT2D eigenvalue weighted by Gasteiger charge is -2.10. The zero-order chi connectivity index (χ0) is 22.4. The van der Waals surface area contributed by atoms with Gasteiger partial charge < -0.3 is 9.47 Å². The first-order valence-corrected chi connectivity index (χ1v) is 9.88. The molecule has 0 bridgehead atoms. The van der Waals surface area contributed by atoms with Gasteiger partial charge in [0.25, 0.3) is 5.91 Å². The van der Waals surface area contributed by atoms with Crippen LogP contribution in [-0.2, 0) is 0 Å². The quantitative estimate of drug-likeness (QED) is 0.236. The zero-order valence-corrected chi connectivity index (χ0v) is 18.2. The van der Waals surface area contributed by atoms with Crippen molar-refractivity contribution in [1.82, 2.24) is 5.43 Å². The van der Waals surface area contributed by atoms with E-state index in [0.717, 1.165) is 5.56 Å². The van der Waals surface area contributed by atoms with Crippen LogP contribution >= 0.6 is 23.2 Å². The average molecular weight is 457 g/mol. The van der Waals surface area contributed by atoms with Gasteiger partial charge in [-0.2, -0.15) is 5.10 Å². The van der Waals surface area contributed by atoms with Crippen LogP contribution in [0.1, 0.15) is 31.8 Å². The minimum absolute atomic E-state index is 0.245. The second-order valence-corrected chi connectivity index (χ2v) is 7.33. The largest absolute Gasteiger partial charge is 0.493 e. The number of carbonyl (C=O) groups is 2. The van der Waals surface area contributed by atoms with E-state index in [4.69, 9.17) is 32.7 Å². The Bertz CT molecular complexity index is 1140. The summed E-state index contributed by atoms with van der Waals surface area (Å²) in [5.41, 5.74) is 4.69. The molecule has 3 rings (SSSR count). The van der Waals surface area contributed by atoms with Crippen LogP contribution in [-0.4, -0.2) is 25.2 Å². The lowest BCUT2D eigenvalue weighted by Crippen LogP contribution is -2.18. The van der Waals surface area contributed by atoms with Crippen LogP contribution in [0.2, 0.25) is 10.0 Å². The summed E-state index contributed by atoms with van der Waals surface area (Å²) in [5.74, 6) is -0.394. The van der Waals surface area contributed by atoms with Gasteiger partial charge in [-0.1, -0.05) is 29.3 Å². The molecule has 31 heavy (non-hydrogen) atoms. The summed E-state index contributed by atoms with van der Waals surface area (Å²) >= 11 is 11.9. The van der Waals surface area contributed by atoms with Crippen molar-refractivity contribution in [2.24, 2.45) is 5.10 Å². The molecule has 0 unspecified atom stereocenters. The van der Waals surface area contributed by atoms with Crippen molar-refractivity contribution in [2.75, 3.05) is 7.11 Å². The fourth-order valence-corrected chi connectivity index (χ4v) is 3.07. The fraction of sp³-hybridized carbons (Fsp3) is 0.0870. The third kappa shape index (κ3) is 5.84. The molecule has 0 fully saturated rings. The molecule has 0 aliphatic heterocycles. The molecule has 0 radical (unpaired) electrons. The molecule has 0 spiro atoms. The summed E-state index contributed by atoms with van der Waals surface area (Å²) in [5, 5.41) is 4.82. The van der Waals surface area contributed by atoms with Gasteiger partial charge in [0.05, 0.1) is 29.5 Å². The predicted octanol–water partition coefficient (Wildman–Crippen LogP) is 5.29. The lowest BCUT2D eigenvalue weighted by atomic mass is 10.1. The highest BCUT2D eigenvalue weighted by Gasteiger charge is 2.13. The molecular formula is C23H18Cl2N2O4. The Morgan fingerprint density at radius 3 is 2.39 bits per heavy atom. The van der Waals surface area contributed by atoms with Crippen LogP contribution in [0.3, 0.4) is 0 Å². The Morgan fingerprint density at radius 2 is 1.71 bits per heavy atom. The predicted molar refractivity (Wildman–Crippen MR) is 121 cm³/mol. The maximum atomic E-state index is 12.3. The molecule has 0 heterocycles. The number of hydrogen-bond acceptors (Lipinski definition) is 5. The number of rotatable bonds is 6. The van der Waals surface area contributed by atoms with E-state index in [0.29, 0.717) is 32.5 Å². The first kappa shape index (κ1) is 22.3. The van der Waals surface area contributed by atoms with Crippen LogP contribution in [0, 0.1) is 6.92 Å². The van der Waals surface area contributed by atoms with Crippen molar-refractivity contribution in [3.05, 3.63) is 93.0 Å². The number of hydrogen-bond donors (Lipinski definition) is 1. The van der Waals surface area contributed by atoms with Crippen molar-refractivity contribution in [3.8, 4) is 11.5 Å². The van der Waals surface area contributed by atoms with Gasteiger partial charge in [-0.25, -0.2) is 10.2 Å². The van der Waals surface area contributed by atoms with Crippen LogP contribution in [0.4, 0.5) is 0 Å². The Labute approximate surface area is 189 Å². The molecule has 0 saturated carbocycles. The number of benzene rings is 3. The van der Waals surface area contributed by atoms with Crippen LogP contribution in [0.25, 0.3) is 0 Å². The number of amides is 1. The van der Waals surface area contributed by atoms with Gasteiger partial charge in [0.2, 0.25) is 0 Å². The monoisotopic (exact) mass is 456 g/mol. The molecular weight excluding hydrogens is 439 g/mol. The number of carbonyl (C=O) groups excluding carboxylic acids is 2. The maximum Gasteiger partial charge on any atom is 0.343 e. The van der Waals surface area contributed by atoms with Crippen molar-refractivity contribution >= 4 is 41.3 Å². The standard InChI is InChI=1S/C23H18Cl2N2O4/c1-14-3-9-18(19(25)11-14)22(28)27-26-13-15-4-10-20(21(12-15)30-2)31-23(29)16-5-7-17(24)8-6-16/h3-13H,1-2H3,(H,27,28)/b26-13+. The van der Waals surface area contributed by atoms with Crippen LogP contribution in [0.5, 0.6) is 11.5 Å². The Morgan fingerprint density at radius 1 is 0.968 bits per heavy atom. The number of halogens is 2. The van der Waals surface area contributed by atoms with E-state index in [2.05, 4.69) is 10.5 Å². The summed E-state index contributed by atoms with van der Waals surface area (Å²) in [7, 11) is 1.46.